The van der Waals surface area contributed by atoms with Crippen LogP contribution in [0.1, 0.15) is 5.56 Å². The van der Waals surface area contributed by atoms with Crippen molar-refractivity contribution in [3.63, 3.8) is 0 Å². The smallest absolute Gasteiger partial charge is 0.269 e. The van der Waals surface area contributed by atoms with E-state index in [9.17, 15) is 4.79 Å². The molecule has 0 saturated carbocycles. The Hall–Kier alpha value is -0.870. The highest BCUT2D eigenvalue weighted by Crippen LogP contribution is 2.20. The van der Waals surface area contributed by atoms with E-state index in [-0.39, 0.29) is 10.8 Å². The lowest BCUT2D eigenvalue weighted by molar-refractivity contribution is 1.17. The van der Waals surface area contributed by atoms with Crippen LogP contribution in [0.4, 0.5) is 0 Å². The van der Waals surface area contributed by atoms with Crippen molar-refractivity contribution in [2.45, 2.75) is 6.92 Å². The van der Waals surface area contributed by atoms with Gasteiger partial charge in [0.15, 0.2) is 0 Å². The molecule has 12 heavy (non-hydrogen) atoms. The third-order valence-corrected chi connectivity index (χ3v) is 2.84. The van der Waals surface area contributed by atoms with Crippen LogP contribution in [-0.2, 0) is 0 Å². The maximum atomic E-state index is 11.2. The summed E-state index contributed by atoms with van der Waals surface area (Å²) >= 11 is 6.98. The van der Waals surface area contributed by atoms with E-state index >= 15 is 0 Å². The van der Waals surface area contributed by atoms with Gasteiger partial charge in [0.2, 0.25) is 5.28 Å². The number of aromatic nitrogens is 2. The van der Waals surface area contributed by atoms with Crippen molar-refractivity contribution in [1.29, 1.82) is 0 Å². The molecular weight excluding hydrogens is 196 g/mol. The molecule has 0 amide bonds. The third kappa shape index (κ3) is 1.04. The van der Waals surface area contributed by atoms with Crippen LogP contribution in [0.25, 0.3) is 10.2 Å². The zero-order chi connectivity index (χ0) is 8.72. The largest absolute Gasteiger partial charge is 0.296 e. The van der Waals surface area contributed by atoms with Crippen molar-refractivity contribution in [3.05, 3.63) is 26.6 Å². The van der Waals surface area contributed by atoms with Crippen molar-refractivity contribution in [3.8, 4) is 0 Å². The van der Waals surface area contributed by atoms with Gasteiger partial charge in [-0.2, -0.15) is 0 Å². The van der Waals surface area contributed by atoms with Crippen LogP contribution < -0.4 is 5.56 Å². The van der Waals surface area contributed by atoms with Crippen LogP contribution in [0.3, 0.4) is 0 Å². The Balaban J connectivity index is 3.03. The predicted molar refractivity (Wildman–Crippen MR) is 50.0 cm³/mol. The summed E-state index contributed by atoms with van der Waals surface area (Å²) in [6.07, 6.45) is 0. The molecule has 2 rings (SSSR count). The minimum absolute atomic E-state index is 0.147. The fourth-order valence-electron chi connectivity index (χ4n) is 1.01. The maximum Gasteiger partial charge on any atom is 0.269 e. The van der Waals surface area contributed by atoms with Crippen LogP contribution in [0.2, 0.25) is 5.28 Å². The molecule has 0 saturated heterocycles. The Bertz CT molecular complexity index is 488. The molecule has 0 aliphatic carbocycles. The first-order valence-corrected chi connectivity index (χ1v) is 4.58. The van der Waals surface area contributed by atoms with E-state index in [4.69, 9.17) is 11.6 Å². The van der Waals surface area contributed by atoms with Gasteiger partial charge >= 0.3 is 0 Å². The average Bonchev–Trinajstić information content (AvgIpc) is 2.33. The molecule has 2 aromatic rings. The first-order chi connectivity index (χ1) is 5.68. The number of rotatable bonds is 0. The molecule has 0 unspecified atom stereocenters. The van der Waals surface area contributed by atoms with Crippen LogP contribution in [-0.4, -0.2) is 9.97 Å². The molecule has 0 radical (unpaired) electrons. The zero-order valence-electron chi connectivity index (χ0n) is 6.22. The van der Waals surface area contributed by atoms with Gasteiger partial charge in [-0.1, -0.05) is 0 Å². The molecule has 0 aliphatic heterocycles. The summed E-state index contributed by atoms with van der Waals surface area (Å²) in [5, 5.41) is 2.04. The van der Waals surface area contributed by atoms with E-state index in [0.29, 0.717) is 10.2 Å². The van der Waals surface area contributed by atoms with Crippen molar-refractivity contribution in [2.24, 2.45) is 0 Å². The second-order valence-electron chi connectivity index (χ2n) is 2.45. The van der Waals surface area contributed by atoms with Gasteiger partial charge in [0.05, 0.1) is 5.52 Å². The number of thiophene rings is 1. The standard InChI is InChI=1S/C7H5ClN2OS/c1-3-2-12-5-4(3)9-7(8)10-6(5)11/h2H,1H3,(H,9,10,11). The number of nitrogens with zero attached hydrogens (tertiary/aromatic N) is 1. The van der Waals surface area contributed by atoms with Crippen molar-refractivity contribution in [1.82, 2.24) is 9.97 Å². The highest BCUT2D eigenvalue weighted by atomic mass is 35.5. The van der Waals surface area contributed by atoms with Gasteiger partial charge in [0.1, 0.15) is 4.70 Å². The van der Waals surface area contributed by atoms with E-state index in [1.54, 1.807) is 0 Å². The lowest BCUT2D eigenvalue weighted by Crippen LogP contribution is -2.05. The zero-order valence-corrected chi connectivity index (χ0v) is 7.79. The summed E-state index contributed by atoms with van der Waals surface area (Å²) in [5.41, 5.74) is 1.53. The van der Waals surface area contributed by atoms with E-state index in [1.165, 1.54) is 11.3 Å². The van der Waals surface area contributed by atoms with E-state index < -0.39 is 0 Å². The van der Waals surface area contributed by atoms with Crippen molar-refractivity contribution in [2.75, 3.05) is 0 Å². The number of halogens is 1. The number of aromatic amines is 1. The summed E-state index contributed by atoms with van der Waals surface area (Å²) in [4.78, 5) is 17.7. The van der Waals surface area contributed by atoms with Crippen molar-refractivity contribution >= 4 is 33.2 Å². The lowest BCUT2D eigenvalue weighted by Gasteiger charge is -1.90. The summed E-state index contributed by atoms with van der Waals surface area (Å²) in [6.45, 7) is 1.90. The number of nitrogens with one attached hydrogen (secondary N) is 1. The molecule has 0 atom stereocenters. The molecule has 3 nitrogen and oxygen atoms in total. The van der Waals surface area contributed by atoms with E-state index in [2.05, 4.69) is 9.97 Å². The van der Waals surface area contributed by atoms with E-state index in [0.717, 1.165) is 5.56 Å². The third-order valence-electron chi connectivity index (χ3n) is 1.58. The Morgan fingerprint density at radius 1 is 1.67 bits per heavy atom. The van der Waals surface area contributed by atoms with Gasteiger partial charge in [0.25, 0.3) is 5.56 Å². The maximum absolute atomic E-state index is 11.2. The number of hydrogen-bond acceptors (Lipinski definition) is 3. The minimum atomic E-state index is -0.164. The van der Waals surface area contributed by atoms with Crippen LogP contribution in [0.15, 0.2) is 10.2 Å². The molecule has 0 aromatic carbocycles. The molecule has 0 bridgehead atoms. The lowest BCUT2D eigenvalue weighted by atomic mass is 10.3. The van der Waals surface area contributed by atoms with Crippen molar-refractivity contribution < 1.29 is 0 Å². The Morgan fingerprint density at radius 3 is 3.17 bits per heavy atom. The van der Waals surface area contributed by atoms with Gasteiger partial charge in [-0.05, 0) is 29.5 Å². The molecule has 0 spiro atoms. The molecule has 0 aliphatic rings. The predicted octanol–water partition coefficient (Wildman–Crippen LogP) is 1.95. The number of hydrogen-bond donors (Lipinski definition) is 1. The summed E-state index contributed by atoms with van der Waals surface area (Å²) in [6, 6.07) is 0. The molecule has 1 N–H and O–H groups in total. The fourth-order valence-corrected chi connectivity index (χ4v) is 2.07. The van der Waals surface area contributed by atoms with Gasteiger partial charge in [0, 0.05) is 0 Å². The monoisotopic (exact) mass is 200 g/mol. The minimum Gasteiger partial charge on any atom is -0.296 e. The quantitative estimate of drug-likeness (QED) is 0.661. The molecule has 2 heterocycles. The molecule has 5 heteroatoms. The first-order valence-electron chi connectivity index (χ1n) is 3.32. The molecule has 62 valence electrons. The highest BCUT2D eigenvalue weighted by Gasteiger charge is 2.06. The summed E-state index contributed by atoms with van der Waals surface area (Å²) < 4.78 is 0.636. The second-order valence-corrected chi connectivity index (χ2v) is 3.69. The fraction of sp³-hybridized carbons (Fsp3) is 0.143. The van der Waals surface area contributed by atoms with Gasteiger partial charge < -0.3 is 0 Å². The van der Waals surface area contributed by atoms with Crippen LogP contribution in [0.5, 0.6) is 0 Å². The average molecular weight is 201 g/mol. The molecular formula is C7H5ClN2OS. The van der Waals surface area contributed by atoms with Gasteiger partial charge in [-0.3, -0.25) is 9.78 Å². The van der Waals surface area contributed by atoms with E-state index in [1.807, 2.05) is 12.3 Å². The number of H-pyrrole nitrogens is 1. The highest BCUT2D eigenvalue weighted by molar-refractivity contribution is 7.17. The molecule has 0 fully saturated rings. The second kappa shape index (κ2) is 2.57. The Kier molecular flexibility index (Phi) is 1.66. The Morgan fingerprint density at radius 2 is 2.42 bits per heavy atom. The normalized spacial score (nSPS) is 10.8. The van der Waals surface area contributed by atoms with Gasteiger partial charge in [-0.15, -0.1) is 11.3 Å². The van der Waals surface area contributed by atoms with Gasteiger partial charge in [-0.25, -0.2) is 4.98 Å². The number of fused-ring (bicyclic) bond motifs is 1. The summed E-state index contributed by atoms with van der Waals surface area (Å²) in [7, 11) is 0. The molecule has 2 aromatic heterocycles. The first kappa shape index (κ1) is 7.76. The SMILES string of the molecule is Cc1csc2c(=O)[nH]c(Cl)nc12. The topological polar surface area (TPSA) is 45.8 Å². The van der Waals surface area contributed by atoms with Crippen LogP contribution in [0, 0.1) is 6.92 Å². The number of aryl methyl sites for hydroxylation is 1. The Labute approximate surface area is 77.0 Å². The summed E-state index contributed by atoms with van der Waals surface area (Å²) in [5.74, 6) is 0. The van der Waals surface area contributed by atoms with Crippen LogP contribution >= 0.6 is 22.9 Å².